The summed E-state index contributed by atoms with van der Waals surface area (Å²) in [7, 11) is 0. The Morgan fingerprint density at radius 3 is 2.50 bits per heavy atom. The van der Waals surface area contributed by atoms with E-state index < -0.39 is 6.04 Å². The van der Waals surface area contributed by atoms with Gasteiger partial charge in [0, 0.05) is 12.6 Å². The zero-order valence-electron chi connectivity index (χ0n) is 19.6. The van der Waals surface area contributed by atoms with Crippen molar-refractivity contribution < 1.29 is 14.3 Å². The van der Waals surface area contributed by atoms with Gasteiger partial charge in [0.05, 0.1) is 0 Å². The fourth-order valence-corrected chi connectivity index (χ4v) is 4.41. The summed E-state index contributed by atoms with van der Waals surface area (Å²) in [5.74, 6) is 0.452. The van der Waals surface area contributed by atoms with E-state index in [9.17, 15) is 9.59 Å². The fourth-order valence-electron chi connectivity index (χ4n) is 4.41. The van der Waals surface area contributed by atoms with Crippen LogP contribution in [0.25, 0.3) is 0 Å². The summed E-state index contributed by atoms with van der Waals surface area (Å²) in [4.78, 5) is 28.2. The zero-order chi connectivity index (χ0) is 22.9. The van der Waals surface area contributed by atoms with Crippen molar-refractivity contribution in [3.8, 4) is 5.75 Å². The van der Waals surface area contributed by atoms with Crippen LogP contribution in [0, 0.1) is 13.8 Å². The highest BCUT2D eigenvalue weighted by molar-refractivity contribution is 5.88. The first kappa shape index (κ1) is 23.8. The molecule has 0 spiro atoms. The molecule has 0 heterocycles. The Morgan fingerprint density at radius 2 is 1.81 bits per heavy atom. The second kappa shape index (κ2) is 11.7. The first-order valence-electron chi connectivity index (χ1n) is 11.8. The Morgan fingerprint density at radius 1 is 1.06 bits per heavy atom. The average Bonchev–Trinajstić information content (AvgIpc) is 2.79. The van der Waals surface area contributed by atoms with Crippen LogP contribution in [0.4, 0.5) is 0 Å². The van der Waals surface area contributed by atoms with E-state index >= 15 is 0 Å². The highest BCUT2D eigenvalue weighted by atomic mass is 16.5. The number of carbonyl (C=O) groups is 2. The minimum atomic E-state index is -0.523. The molecule has 0 aliphatic heterocycles. The van der Waals surface area contributed by atoms with Crippen LogP contribution in [0.3, 0.4) is 0 Å². The van der Waals surface area contributed by atoms with Gasteiger partial charge in [-0.25, -0.2) is 0 Å². The van der Waals surface area contributed by atoms with Crippen LogP contribution in [0.2, 0.25) is 0 Å². The summed E-state index contributed by atoms with van der Waals surface area (Å²) in [6, 6.07) is 15.4. The number of hydrogen-bond acceptors (Lipinski definition) is 3. The van der Waals surface area contributed by atoms with Crippen molar-refractivity contribution in [3.05, 3.63) is 65.2 Å². The molecule has 0 saturated heterocycles. The second-order valence-corrected chi connectivity index (χ2v) is 8.83. The van der Waals surface area contributed by atoms with Gasteiger partial charge in [-0.05, 0) is 50.3 Å². The summed E-state index contributed by atoms with van der Waals surface area (Å²) < 4.78 is 5.84. The van der Waals surface area contributed by atoms with Crippen molar-refractivity contribution in [2.75, 3.05) is 6.61 Å². The number of aryl methyl sites for hydroxylation is 2. The number of nitrogens with one attached hydrogen (secondary N) is 1. The minimum Gasteiger partial charge on any atom is -0.484 e. The van der Waals surface area contributed by atoms with Gasteiger partial charge in [-0.2, -0.15) is 0 Å². The second-order valence-electron chi connectivity index (χ2n) is 8.83. The Balaban J connectivity index is 1.76. The Labute approximate surface area is 192 Å². The predicted octanol–water partition coefficient (Wildman–Crippen LogP) is 4.94. The van der Waals surface area contributed by atoms with Crippen LogP contribution in [0.1, 0.15) is 62.1 Å². The van der Waals surface area contributed by atoms with Gasteiger partial charge in [-0.3, -0.25) is 9.59 Å². The highest BCUT2D eigenvalue weighted by Crippen LogP contribution is 2.20. The molecule has 1 aliphatic carbocycles. The van der Waals surface area contributed by atoms with Gasteiger partial charge in [0.2, 0.25) is 5.91 Å². The third-order valence-electron chi connectivity index (χ3n) is 6.22. The molecule has 0 bridgehead atoms. The largest absolute Gasteiger partial charge is 0.484 e. The normalized spacial score (nSPS) is 15.1. The highest BCUT2D eigenvalue weighted by Gasteiger charge is 2.30. The van der Waals surface area contributed by atoms with Crippen molar-refractivity contribution >= 4 is 11.8 Å². The Hall–Kier alpha value is -2.82. The molecule has 2 aromatic carbocycles. The summed E-state index contributed by atoms with van der Waals surface area (Å²) in [6.07, 6.45) is 6.13. The van der Waals surface area contributed by atoms with Gasteiger partial charge in [0.25, 0.3) is 5.91 Å². The molecule has 0 aromatic heterocycles. The Kier molecular flexibility index (Phi) is 8.72. The summed E-state index contributed by atoms with van der Waals surface area (Å²) in [5.41, 5.74) is 3.12. The molecule has 2 amide bonds. The maximum Gasteiger partial charge on any atom is 0.261 e. The van der Waals surface area contributed by atoms with Crippen LogP contribution >= 0.6 is 0 Å². The molecule has 5 heteroatoms. The number of amides is 2. The number of para-hydroxylation sites is 1. The molecule has 2 aromatic rings. The van der Waals surface area contributed by atoms with E-state index in [4.69, 9.17) is 4.74 Å². The minimum absolute atomic E-state index is 0.0590. The van der Waals surface area contributed by atoms with Crippen LogP contribution in [-0.2, 0) is 16.1 Å². The van der Waals surface area contributed by atoms with Gasteiger partial charge in [0.15, 0.2) is 6.61 Å². The van der Waals surface area contributed by atoms with Gasteiger partial charge in [-0.1, -0.05) is 74.2 Å². The molecule has 1 atom stereocenters. The first-order chi connectivity index (χ1) is 15.5. The molecule has 1 fully saturated rings. The van der Waals surface area contributed by atoms with Crippen molar-refractivity contribution in [1.29, 1.82) is 0 Å². The van der Waals surface area contributed by atoms with E-state index in [1.807, 2.05) is 63.2 Å². The molecule has 1 aliphatic rings. The maximum atomic E-state index is 13.3. The predicted molar refractivity (Wildman–Crippen MR) is 127 cm³/mol. The molecule has 0 radical (unpaired) electrons. The number of hydrogen-bond donors (Lipinski definition) is 1. The van der Waals surface area contributed by atoms with Gasteiger partial charge in [0.1, 0.15) is 11.8 Å². The molecule has 1 saturated carbocycles. The maximum absolute atomic E-state index is 13.3. The molecule has 32 heavy (non-hydrogen) atoms. The summed E-state index contributed by atoms with van der Waals surface area (Å²) in [6.45, 7) is 6.24. The topological polar surface area (TPSA) is 58.6 Å². The number of rotatable bonds is 9. The van der Waals surface area contributed by atoms with Gasteiger partial charge in [-0.15, -0.1) is 0 Å². The van der Waals surface area contributed by atoms with Crippen molar-refractivity contribution in [2.24, 2.45) is 0 Å². The number of carbonyl (C=O) groups excluding carboxylic acids is 2. The molecule has 172 valence electrons. The quantitative estimate of drug-likeness (QED) is 0.606. The smallest absolute Gasteiger partial charge is 0.261 e. The lowest BCUT2D eigenvalue weighted by molar-refractivity contribution is -0.143. The molecular weight excluding hydrogens is 400 g/mol. The third-order valence-corrected chi connectivity index (χ3v) is 6.22. The lowest BCUT2D eigenvalue weighted by Gasteiger charge is -2.32. The van der Waals surface area contributed by atoms with E-state index in [0.29, 0.717) is 18.7 Å². The molecule has 3 rings (SSSR count). The summed E-state index contributed by atoms with van der Waals surface area (Å²) in [5, 5.41) is 3.21. The van der Waals surface area contributed by atoms with E-state index in [1.54, 1.807) is 4.90 Å². The molecule has 1 unspecified atom stereocenters. The van der Waals surface area contributed by atoms with E-state index in [1.165, 1.54) is 6.42 Å². The fraction of sp³-hybridized carbons (Fsp3) is 0.481. The lowest BCUT2D eigenvalue weighted by Crippen LogP contribution is -2.52. The van der Waals surface area contributed by atoms with Crippen LogP contribution in [0.5, 0.6) is 5.75 Å². The SMILES string of the molecule is CCC(C(=O)NC1CCCCC1)N(Cc1cccc(C)c1)C(=O)COc1ccccc1C. The first-order valence-corrected chi connectivity index (χ1v) is 11.8. The van der Waals surface area contributed by atoms with Gasteiger partial charge >= 0.3 is 0 Å². The van der Waals surface area contributed by atoms with Gasteiger partial charge < -0.3 is 15.0 Å². The Bertz CT molecular complexity index is 905. The van der Waals surface area contributed by atoms with Crippen molar-refractivity contribution in [2.45, 2.75) is 77.9 Å². The van der Waals surface area contributed by atoms with E-state index in [0.717, 1.165) is 42.4 Å². The average molecular weight is 437 g/mol. The van der Waals surface area contributed by atoms with Crippen LogP contribution < -0.4 is 10.1 Å². The number of ether oxygens (including phenoxy) is 1. The summed E-state index contributed by atoms with van der Waals surface area (Å²) >= 11 is 0. The zero-order valence-corrected chi connectivity index (χ0v) is 19.6. The third kappa shape index (κ3) is 6.59. The molecule has 5 nitrogen and oxygen atoms in total. The van der Waals surface area contributed by atoms with E-state index in [2.05, 4.69) is 11.4 Å². The lowest BCUT2D eigenvalue weighted by atomic mass is 9.95. The van der Waals surface area contributed by atoms with Crippen LogP contribution in [0.15, 0.2) is 48.5 Å². The number of benzene rings is 2. The van der Waals surface area contributed by atoms with Crippen molar-refractivity contribution in [1.82, 2.24) is 10.2 Å². The molecule has 1 N–H and O–H groups in total. The van der Waals surface area contributed by atoms with Crippen LogP contribution in [-0.4, -0.2) is 35.4 Å². The standard InChI is InChI=1S/C27H36N2O3/c1-4-24(27(31)28-23-14-6-5-7-15-23)29(18-22-13-10-11-20(2)17-22)26(30)19-32-25-16-9-8-12-21(25)3/h8-13,16-17,23-24H,4-7,14-15,18-19H2,1-3H3,(H,28,31). The number of nitrogens with zero attached hydrogens (tertiary/aromatic N) is 1. The monoisotopic (exact) mass is 436 g/mol. The van der Waals surface area contributed by atoms with Crippen molar-refractivity contribution in [3.63, 3.8) is 0 Å². The van der Waals surface area contributed by atoms with E-state index in [-0.39, 0.29) is 24.5 Å². The molecular formula is C27H36N2O3.